The Morgan fingerprint density at radius 3 is 2.70 bits per heavy atom. The van der Waals surface area contributed by atoms with Crippen molar-refractivity contribution in [3.8, 4) is 11.5 Å². The highest BCUT2D eigenvalue weighted by Crippen LogP contribution is 2.26. The Bertz CT molecular complexity index is 1310. The molecule has 11 heteroatoms. The van der Waals surface area contributed by atoms with E-state index in [9.17, 15) is 19.2 Å². The summed E-state index contributed by atoms with van der Waals surface area (Å²) in [7, 11) is 0. The SMILES string of the molecule is Cc1ccc(C(=O)Nc2cccc(-c3nc(CNC(=O)/C=C4\SC(=O)NC4=O)c(C)o3)c2)s1. The van der Waals surface area contributed by atoms with Crippen molar-refractivity contribution in [1.29, 1.82) is 0 Å². The van der Waals surface area contributed by atoms with Crippen molar-refractivity contribution in [2.24, 2.45) is 0 Å². The maximum atomic E-state index is 12.4. The van der Waals surface area contributed by atoms with Crippen LogP contribution in [0.5, 0.6) is 0 Å². The highest BCUT2D eigenvalue weighted by molar-refractivity contribution is 8.18. The third kappa shape index (κ3) is 5.38. The lowest BCUT2D eigenvalue weighted by Gasteiger charge is -2.05. The van der Waals surface area contributed by atoms with Crippen LogP contribution in [-0.2, 0) is 16.1 Å². The minimum atomic E-state index is -0.596. The monoisotopic (exact) mass is 482 g/mol. The predicted molar refractivity (Wildman–Crippen MR) is 125 cm³/mol. The van der Waals surface area contributed by atoms with E-state index >= 15 is 0 Å². The van der Waals surface area contributed by atoms with E-state index in [1.54, 1.807) is 37.3 Å². The number of aromatic nitrogens is 1. The number of hydrogen-bond donors (Lipinski definition) is 3. The number of thiophene rings is 1. The molecule has 0 bridgehead atoms. The molecule has 4 amide bonds. The molecule has 0 spiro atoms. The number of thioether (sulfide) groups is 1. The van der Waals surface area contributed by atoms with E-state index in [-0.39, 0.29) is 17.4 Å². The van der Waals surface area contributed by atoms with Crippen molar-refractivity contribution in [2.45, 2.75) is 20.4 Å². The molecule has 3 aromatic rings. The Hall–Kier alpha value is -3.70. The molecule has 33 heavy (non-hydrogen) atoms. The number of hydrogen-bond acceptors (Lipinski definition) is 8. The first-order valence-electron chi connectivity index (χ1n) is 9.75. The summed E-state index contributed by atoms with van der Waals surface area (Å²) in [6.45, 7) is 3.74. The van der Waals surface area contributed by atoms with E-state index in [0.717, 1.165) is 11.0 Å². The molecule has 2 aromatic heterocycles. The lowest BCUT2D eigenvalue weighted by molar-refractivity contribution is -0.118. The number of imide groups is 1. The van der Waals surface area contributed by atoms with Crippen LogP contribution in [0.25, 0.3) is 11.5 Å². The zero-order chi connectivity index (χ0) is 23.5. The number of rotatable bonds is 6. The van der Waals surface area contributed by atoms with Gasteiger partial charge in [0.25, 0.3) is 17.1 Å². The van der Waals surface area contributed by atoms with E-state index in [1.165, 1.54) is 11.3 Å². The Kier molecular flexibility index (Phi) is 6.43. The van der Waals surface area contributed by atoms with Crippen LogP contribution in [0, 0.1) is 13.8 Å². The van der Waals surface area contributed by atoms with Crippen LogP contribution in [0.3, 0.4) is 0 Å². The molecule has 3 heterocycles. The zero-order valence-electron chi connectivity index (χ0n) is 17.6. The van der Waals surface area contributed by atoms with Gasteiger partial charge in [-0.3, -0.25) is 24.5 Å². The second-order valence-corrected chi connectivity index (χ2v) is 9.34. The Morgan fingerprint density at radius 2 is 2.00 bits per heavy atom. The van der Waals surface area contributed by atoms with Gasteiger partial charge in [-0.2, -0.15) is 0 Å². The first kappa shape index (κ1) is 22.5. The average Bonchev–Trinajstić information content (AvgIpc) is 3.45. The van der Waals surface area contributed by atoms with Gasteiger partial charge in [-0.05, 0) is 55.9 Å². The highest BCUT2D eigenvalue weighted by Gasteiger charge is 2.26. The van der Waals surface area contributed by atoms with Gasteiger partial charge in [0.15, 0.2) is 0 Å². The van der Waals surface area contributed by atoms with Gasteiger partial charge in [-0.15, -0.1) is 11.3 Å². The summed E-state index contributed by atoms with van der Waals surface area (Å²) in [5, 5.41) is 7.06. The second kappa shape index (κ2) is 9.43. The lowest BCUT2D eigenvalue weighted by Crippen LogP contribution is -2.23. The minimum absolute atomic E-state index is 0.0339. The predicted octanol–water partition coefficient (Wildman–Crippen LogP) is 3.76. The zero-order valence-corrected chi connectivity index (χ0v) is 19.2. The quantitative estimate of drug-likeness (QED) is 0.456. The molecule has 0 saturated carbocycles. The fourth-order valence-corrected chi connectivity index (χ4v) is 4.37. The van der Waals surface area contributed by atoms with Crippen LogP contribution in [0.4, 0.5) is 10.5 Å². The molecule has 0 aliphatic carbocycles. The maximum absolute atomic E-state index is 12.4. The minimum Gasteiger partial charge on any atom is -0.441 e. The average molecular weight is 483 g/mol. The molecule has 9 nitrogen and oxygen atoms in total. The molecule has 168 valence electrons. The Labute approximate surface area is 196 Å². The second-order valence-electron chi connectivity index (χ2n) is 7.04. The summed E-state index contributed by atoms with van der Waals surface area (Å²) >= 11 is 2.09. The Morgan fingerprint density at radius 1 is 1.18 bits per heavy atom. The normalized spacial score (nSPS) is 14.4. The summed E-state index contributed by atoms with van der Waals surface area (Å²) in [4.78, 5) is 53.4. The van der Waals surface area contributed by atoms with Gasteiger partial charge in [0.1, 0.15) is 11.5 Å². The number of oxazole rings is 1. The summed E-state index contributed by atoms with van der Waals surface area (Å²) in [5.74, 6) is -0.456. The number of nitrogens with zero attached hydrogens (tertiary/aromatic N) is 1. The van der Waals surface area contributed by atoms with E-state index in [4.69, 9.17) is 4.42 Å². The molecule has 4 rings (SSSR count). The molecule has 0 radical (unpaired) electrons. The topological polar surface area (TPSA) is 130 Å². The fourth-order valence-electron chi connectivity index (χ4n) is 2.96. The van der Waals surface area contributed by atoms with Gasteiger partial charge in [-0.1, -0.05) is 6.07 Å². The van der Waals surface area contributed by atoms with Gasteiger partial charge in [0.05, 0.1) is 16.3 Å². The van der Waals surface area contributed by atoms with Crippen molar-refractivity contribution in [3.05, 3.63) is 68.6 Å². The number of benzene rings is 1. The number of anilines is 1. The molecule has 0 atom stereocenters. The molecule has 1 aromatic carbocycles. The van der Waals surface area contributed by atoms with Crippen LogP contribution >= 0.6 is 23.1 Å². The van der Waals surface area contributed by atoms with E-state index in [2.05, 4.69) is 20.9 Å². The van der Waals surface area contributed by atoms with Gasteiger partial charge in [-0.25, -0.2) is 4.98 Å². The third-order valence-electron chi connectivity index (χ3n) is 4.56. The maximum Gasteiger partial charge on any atom is 0.290 e. The van der Waals surface area contributed by atoms with Crippen molar-refractivity contribution in [2.75, 3.05) is 5.32 Å². The van der Waals surface area contributed by atoms with Gasteiger partial charge in [0, 0.05) is 22.2 Å². The van der Waals surface area contributed by atoms with Crippen molar-refractivity contribution < 1.29 is 23.6 Å². The fraction of sp³-hybridized carbons (Fsp3) is 0.136. The number of aryl methyl sites for hydroxylation is 2. The van der Waals surface area contributed by atoms with Crippen molar-refractivity contribution in [3.63, 3.8) is 0 Å². The number of amides is 4. The Balaban J connectivity index is 1.42. The van der Waals surface area contributed by atoms with Crippen LogP contribution in [0.2, 0.25) is 0 Å². The van der Waals surface area contributed by atoms with E-state index < -0.39 is 17.1 Å². The van der Waals surface area contributed by atoms with E-state index in [1.807, 2.05) is 13.0 Å². The molecule has 3 N–H and O–H groups in total. The molecule has 1 aliphatic rings. The van der Waals surface area contributed by atoms with Crippen LogP contribution < -0.4 is 16.0 Å². The smallest absolute Gasteiger partial charge is 0.290 e. The van der Waals surface area contributed by atoms with Crippen LogP contribution in [0.15, 0.2) is 51.8 Å². The van der Waals surface area contributed by atoms with Crippen LogP contribution in [-0.4, -0.2) is 27.9 Å². The third-order valence-corrected chi connectivity index (χ3v) is 6.37. The summed E-state index contributed by atoms with van der Waals surface area (Å²) in [5.41, 5.74) is 1.78. The van der Waals surface area contributed by atoms with Crippen molar-refractivity contribution >= 4 is 51.7 Å². The molecular weight excluding hydrogens is 464 g/mol. The molecule has 1 aliphatic heterocycles. The number of carbonyl (C=O) groups is 4. The lowest BCUT2D eigenvalue weighted by atomic mass is 10.2. The molecular formula is C22H18N4O5S2. The summed E-state index contributed by atoms with van der Waals surface area (Å²) in [6, 6.07) is 10.8. The largest absolute Gasteiger partial charge is 0.441 e. The first-order valence-corrected chi connectivity index (χ1v) is 11.4. The number of carbonyl (C=O) groups excluding carboxylic acids is 4. The van der Waals surface area contributed by atoms with Crippen molar-refractivity contribution in [1.82, 2.24) is 15.6 Å². The standard InChI is InChI=1S/C22H18N4O5S2/c1-11-6-7-16(32-11)19(28)24-14-5-3-4-13(8-14)21-25-15(12(2)31-21)10-23-18(27)9-17-20(29)26-22(30)33-17/h3-9H,10H2,1-2H3,(H,23,27)(H,24,28)(H,26,29,30)/b17-9-. The molecule has 1 saturated heterocycles. The first-order chi connectivity index (χ1) is 15.8. The summed E-state index contributed by atoms with van der Waals surface area (Å²) < 4.78 is 5.74. The van der Waals surface area contributed by atoms with Gasteiger partial charge in [0.2, 0.25) is 11.8 Å². The number of nitrogens with one attached hydrogen (secondary N) is 3. The summed E-state index contributed by atoms with van der Waals surface area (Å²) in [6.07, 6.45) is 1.07. The molecule has 1 fully saturated rings. The van der Waals surface area contributed by atoms with E-state index in [0.29, 0.717) is 45.2 Å². The highest BCUT2D eigenvalue weighted by atomic mass is 32.2. The van der Waals surface area contributed by atoms with Crippen LogP contribution in [0.1, 0.15) is 26.0 Å². The van der Waals surface area contributed by atoms with Gasteiger partial charge >= 0.3 is 0 Å². The van der Waals surface area contributed by atoms with Gasteiger partial charge < -0.3 is 15.1 Å². The molecule has 0 unspecified atom stereocenters.